The van der Waals surface area contributed by atoms with Crippen LogP contribution in [0, 0.1) is 10.1 Å². The molecule has 138 valence electrons. The molecule has 0 radical (unpaired) electrons. The number of nitro groups is 1. The van der Waals surface area contributed by atoms with Crippen LogP contribution >= 0.6 is 23.4 Å². The van der Waals surface area contributed by atoms with Crippen molar-refractivity contribution >= 4 is 40.6 Å². The second kappa shape index (κ2) is 8.19. The fourth-order valence-corrected chi connectivity index (χ4v) is 2.92. The lowest BCUT2D eigenvalue weighted by molar-refractivity contribution is -0.384. The molecule has 0 aliphatic carbocycles. The molecule has 1 heterocycles. The lowest BCUT2D eigenvalue weighted by atomic mass is 10.2. The molecule has 0 saturated heterocycles. The Bertz CT molecular complexity index is 977. The van der Waals surface area contributed by atoms with Gasteiger partial charge in [0.25, 0.3) is 10.9 Å². The molecule has 0 saturated carbocycles. The summed E-state index contributed by atoms with van der Waals surface area (Å²) in [6.45, 7) is 1.70. The molecule has 1 atom stereocenters. The van der Waals surface area contributed by atoms with Gasteiger partial charge in [0.05, 0.1) is 10.2 Å². The van der Waals surface area contributed by atoms with Gasteiger partial charge >= 0.3 is 0 Å². The van der Waals surface area contributed by atoms with E-state index >= 15 is 0 Å². The summed E-state index contributed by atoms with van der Waals surface area (Å²) in [5.41, 5.74) is 0.983. The maximum Gasteiger partial charge on any atom is 0.277 e. The normalized spacial score (nSPS) is 11.8. The van der Waals surface area contributed by atoms with Gasteiger partial charge in [0.15, 0.2) is 0 Å². The Hall–Kier alpha value is -2.91. The number of aromatic nitrogens is 2. The number of nitrogens with one attached hydrogen (secondary N) is 1. The number of hydrogen-bond acceptors (Lipinski definition) is 7. The van der Waals surface area contributed by atoms with Crippen LogP contribution in [0.3, 0.4) is 0 Å². The van der Waals surface area contributed by atoms with E-state index < -0.39 is 10.2 Å². The van der Waals surface area contributed by atoms with E-state index in [1.54, 1.807) is 37.3 Å². The van der Waals surface area contributed by atoms with Crippen LogP contribution in [0.15, 0.2) is 58.2 Å². The molecular weight excluding hydrogens is 392 g/mol. The van der Waals surface area contributed by atoms with E-state index in [0.717, 1.165) is 11.8 Å². The first kappa shape index (κ1) is 18.9. The molecule has 10 heteroatoms. The number of non-ortho nitro benzene ring substituents is 1. The average Bonchev–Trinajstić information content (AvgIpc) is 3.12. The highest BCUT2D eigenvalue weighted by Crippen LogP contribution is 2.28. The van der Waals surface area contributed by atoms with Crippen LogP contribution in [0.1, 0.15) is 6.92 Å². The molecule has 1 amide bonds. The van der Waals surface area contributed by atoms with Gasteiger partial charge in [-0.3, -0.25) is 14.9 Å². The van der Waals surface area contributed by atoms with Crippen LogP contribution in [-0.4, -0.2) is 26.3 Å². The summed E-state index contributed by atoms with van der Waals surface area (Å²) in [7, 11) is 0. The molecule has 1 aromatic heterocycles. The standard InChI is InChI=1S/C17H13ClN4O4S/c1-10(15(23)19-13-7-5-12(18)6-8-13)27-17-21-20-16(26-17)11-3-2-4-14(9-11)22(24)25/h2-10H,1H3,(H,19,23)/t10-/m1/s1. The highest BCUT2D eigenvalue weighted by atomic mass is 35.5. The van der Waals surface area contributed by atoms with E-state index in [0.29, 0.717) is 16.3 Å². The summed E-state index contributed by atoms with van der Waals surface area (Å²) in [5, 5.41) is 21.7. The number of carbonyl (C=O) groups excluding carboxylic acids is 1. The van der Waals surface area contributed by atoms with Crippen molar-refractivity contribution in [3.05, 3.63) is 63.7 Å². The number of rotatable bonds is 6. The van der Waals surface area contributed by atoms with Crippen molar-refractivity contribution in [2.45, 2.75) is 17.4 Å². The van der Waals surface area contributed by atoms with E-state index in [2.05, 4.69) is 15.5 Å². The molecule has 3 rings (SSSR count). The average molecular weight is 405 g/mol. The quantitative estimate of drug-likeness (QED) is 0.367. The van der Waals surface area contributed by atoms with Crippen LogP contribution in [0.25, 0.3) is 11.5 Å². The zero-order chi connectivity index (χ0) is 19.4. The Morgan fingerprint density at radius 1 is 1.26 bits per heavy atom. The Kier molecular flexibility index (Phi) is 5.72. The molecule has 1 N–H and O–H groups in total. The van der Waals surface area contributed by atoms with Crippen LogP contribution in [0.4, 0.5) is 11.4 Å². The predicted molar refractivity (Wildman–Crippen MR) is 102 cm³/mol. The van der Waals surface area contributed by atoms with Gasteiger partial charge in [-0.2, -0.15) is 0 Å². The number of nitro benzene ring substituents is 1. The first-order valence-corrected chi connectivity index (χ1v) is 8.99. The Morgan fingerprint density at radius 2 is 2.00 bits per heavy atom. The van der Waals surface area contributed by atoms with E-state index in [9.17, 15) is 14.9 Å². The van der Waals surface area contributed by atoms with Crippen LogP contribution in [0.2, 0.25) is 5.02 Å². The van der Waals surface area contributed by atoms with Gasteiger partial charge < -0.3 is 9.73 Å². The van der Waals surface area contributed by atoms with E-state index in [4.69, 9.17) is 16.0 Å². The number of halogens is 1. The third kappa shape index (κ3) is 4.83. The minimum atomic E-state index is -0.501. The molecule has 0 spiro atoms. The van der Waals surface area contributed by atoms with Gasteiger partial charge in [-0.15, -0.1) is 10.2 Å². The predicted octanol–water partition coefficient (Wildman–Crippen LogP) is 4.42. The largest absolute Gasteiger partial charge is 0.411 e. The van der Waals surface area contributed by atoms with Crippen molar-refractivity contribution in [1.82, 2.24) is 10.2 Å². The maximum absolute atomic E-state index is 12.3. The lowest BCUT2D eigenvalue weighted by Gasteiger charge is -2.09. The van der Waals surface area contributed by atoms with Crippen molar-refractivity contribution in [2.24, 2.45) is 0 Å². The fourth-order valence-electron chi connectivity index (χ4n) is 2.11. The van der Waals surface area contributed by atoms with Crippen molar-refractivity contribution in [1.29, 1.82) is 0 Å². The zero-order valence-corrected chi connectivity index (χ0v) is 15.5. The third-order valence-corrected chi connectivity index (χ3v) is 4.66. The molecule has 2 aromatic carbocycles. The van der Waals surface area contributed by atoms with Gasteiger partial charge in [-0.05, 0) is 37.3 Å². The molecule has 0 bridgehead atoms. The number of anilines is 1. The molecular formula is C17H13ClN4O4S. The number of amides is 1. The number of nitrogens with zero attached hydrogens (tertiary/aromatic N) is 3. The van der Waals surface area contributed by atoms with Crippen LogP contribution in [0.5, 0.6) is 0 Å². The van der Waals surface area contributed by atoms with Crippen molar-refractivity contribution in [3.63, 3.8) is 0 Å². The molecule has 0 aliphatic heterocycles. The molecule has 0 unspecified atom stereocenters. The van der Waals surface area contributed by atoms with Gasteiger partial charge in [0.2, 0.25) is 11.8 Å². The minimum Gasteiger partial charge on any atom is -0.411 e. The number of hydrogen-bond donors (Lipinski definition) is 1. The highest BCUT2D eigenvalue weighted by Gasteiger charge is 2.19. The highest BCUT2D eigenvalue weighted by molar-refractivity contribution is 8.00. The Balaban J connectivity index is 1.66. The van der Waals surface area contributed by atoms with Crippen molar-refractivity contribution in [3.8, 4) is 11.5 Å². The third-order valence-electron chi connectivity index (χ3n) is 3.47. The SMILES string of the molecule is C[C@@H](Sc1nnc(-c2cccc([N+](=O)[O-])c2)o1)C(=O)Nc1ccc(Cl)cc1. The minimum absolute atomic E-state index is 0.0735. The topological polar surface area (TPSA) is 111 Å². The summed E-state index contributed by atoms with van der Waals surface area (Å²) < 4.78 is 5.51. The molecule has 8 nitrogen and oxygen atoms in total. The monoisotopic (exact) mass is 404 g/mol. The second-order valence-electron chi connectivity index (χ2n) is 5.44. The lowest BCUT2D eigenvalue weighted by Crippen LogP contribution is -2.22. The first-order chi connectivity index (χ1) is 12.9. The summed E-state index contributed by atoms with van der Waals surface area (Å²) >= 11 is 6.90. The summed E-state index contributed by atoms with van der Waals surface area (Å²) in [6.07, 6.45) is 0. The Morgan fingerprint density at radius 3 is 2.70 bits per heavy atom. The van der Waals surface area contributed by atoms with Crippen molar-refractivity contribution in [2.75, 3.05) is 5.32 Å². The van der Waals surface area contributed by atoms with E-state index in [1.165, 1.54) is 18.2 Å². The van der Waals surface area contributed by atoms with Gasteiger partial charge in [0.1, 0.15) is 0 Å². The van der Waals surface area contributed by atoms with E-state index in [-0.39, 0.29) is 22.7 Å². The summed E-state index contributed by atoms with van der Waals surface area (Å²) in [4.78, 5) is 22.6. The number of benzene rings is 2. The second-order valence-corrected chi connectivity index (χ2v) is 7.17. The van der Waals surface area contributed by atoms with Crippen molar-refractivity contribution < 1.29 is 14.1 Å². The van der Waals surface area contributed by atoms with E-state index in [1.807, 2.05) is 0 Å². The number of thioether (sulfide) groups is 1. The van der Waals surface area contributed by atoms with Crippen LogP contribution in [-0.2, 0) is 4.79 Å². The van der Waals surface area contributed by atoms with Gasteiger partial charge in [-0.25, -0.2) is 0 Å². The first-order valence-electron chi connectivity index (χ1n) is 7.74. The molecule has 0 fully saturated rings. The smallest absolute Gasteiger partial charge is 0.277 e. The fraction of sp³-hybridized carbons (Fsp3) is 0.118. The Labute approximate surface area is 163 Å². The van der Waals surface area contributed by atoms with Gasteiger partial charge in [0, 0.05) is 28.4 Å². The zero-order valence-electron chi connectivity index (χ0n) is 14.0. The summed E-state index contributed by atoms with van der Waals surface area (Å²) in [6, 6.07) is 12.6. The number of carbonyl (C=O) groups is 1. The van der Waals surface area contributed by atoms with Crippen LogP contribution < -0.4 is 5.32 Å². The maximum atomic E-state index is 12.3. The van der Waals surface area contributed by atoms with Gasteiger partial charge in [-0.1, -0.05) is 29.4 Å². The molecule has 3 aromatic rings. The molecule has 27 heavy (non-hydrogen) atoms. The summed E-state index contributed by atoms with van der Waals surface area (Å²) in [5.74, 6) is -0.0936. The molecule has 0 aliphatic rings.